The lowest BCUT2D eigenvalue weighted by Gasteiger charge is -2.09. The van der Waals surface area contributed by atoms with Gasteiger partial charge in [-0.2, -0.15) is 0 Å². The standard InChI is InChI=1S/C16H19NO2/c1-17(2)9-8-16(18)14-5-4-13-11-15(19-3)7-6-12(13)10-14/h4-7,10-11H,8-9H2,1-3H3. The Hall–Kier alpha value is -1.87. The molecule has 3 heteroatoms. The Morgan fingerprint density at radius 3 is 2.47 bits per heavy atom. The van der Waals surface area contributed by atoms with Crippen molar-refractivity contribution in [2.24, 2.45) is 0 Å². The maximum Gasteiger partial charge on any atom is 0.164 e. The van der Waals surface area contributed by atoms with E-state index in [-0.39, 0.29) is 5.78 Å². The van der Waals surface area contributed by atoms with E-state index in [1.165, 1.54) is 0 Å². The Labute approximate surface area is 113 Å². The highest BCUT2D eigenvalue weighted by atomic mass is 16.5. The Bertz CT molecular complexity index is 590. The van der Waals surface area contributed by atoms with Crippen LogP contribution in [0, 0.1) is 0 Å². The molecule has 2 aromatic rings. The minimum Gasteiger partial charge on any atom is -0.497 e. The summed E-state index contributed by atoms with van der Waals surface area (Å²) in [5.74, 6) is 1.02. The summed E-state index contributed by atoms with van der Waals surface area (Å²) in [6.45, 7) is 0.777. The van der Waals surface area contributed by atoms with Gasteiger partial charge in [-0.3, -0.25) is 4.79 Å². The van der Waals surface area contributed by atoms with Gasteiger partial charge in [-0.05, 0) is 43.1 Å². The molecule has 100 valence electrons. The molecule has 0 bridgehead atoms. The zero-order valence-corrected chi connectivity index (χ0v) is 11.6. The van der Waals surface area contributed by atoms with Gasteiger partial charge in [0, 0.05) is 18.5 Å². The molecule has 0 atom stereocenters. The van der Waals surface area contributed by atoms with E-state index in [0.29, 0.717) is 6.42 Å². The normalized spacial score (nSPS) is 10.9. The number of ketones is 1. The SMILES string of the molecule is COc1ccc2cc(C(=O)CCN(C)C)ccc2c1. The Balaban J connectivity index is 2.24. The molecule has 0 radical (unpaired) electrons. The first-order valence-electron chi connectivity index (χ1n) is 6.36. The number of carbonyl (C=O) groups excluding carboxylic acids is 1. The molecule has 0 aromatic heterocycles. The summed E-state index contributed by atoms with van der Waals surface area (Å²) >= 11 is 0. The van der Waals surface area contributed by atoms with Gasteiger partial charge in [0.05, 0.1) is 7.11 Å². The molecule has 0 N–H and O–H groups in total. The van der Waals surface area contributed by atoms with Gasteiger partial charge in [0.25, 0.3) is 0 Å². The van der Waals surface area contributed by atoms with Crippen LogP contribution in [-0.2, 0) is 0 Å². The molecule has 0 aliphatic carbocycles. The Morgan fingerprint density at radius 1 is 1.11 bits per heavy atom. The summed E-state index contributed by atoms with van der Waals surface area (Å²) in [4.78, 5) is 14.1. The van der Waals surface area contributed by atoms with Crippen molar-refractivity contribution in [3.63, 3.8) is 0 Å². The van der Waals surface area contributed by atoms with Gasteiger partial charge in [0.2, 0.25) is 0 Å². The third-order valence-corrected chi connectivity index (χ3v) is 3.16. The van der Waals surface area contributed by atoms with Crippen molar-refractivity contribution >= 4 is 16.6 Å². The minimum absolute atomic E-state index is 0.186. The Kier molecular flexibility index (Phi) is 4.17. The third kappa shape index (κ3) is 3.32. The van der Waals surface area contributed by atoms with Gasteiger partial charge in [-0.1, -0.05) is 18.2 Å². The summed E-state index contributed by atoms with van der Waals surface area (Å²) in [7, 11) is 5.60. The fourth-order valence-electron chi connectivity index (χ4n) is 1.99. The van der Waals surface area contributed by atoms with Gasteiger partial charge in [0.15, 0.2) is 5.78 Å². The Morgan fingerprint density at radius 2 is 1.79 bits per heavy atom. The summed E-state index contributed by atoms with van der Waals surface area (Å²) in [6, 6.07) is 11.7. The van der Waals surface area contributed by atoms with Gasteiger partial charge in [-0.25, -0.2) is 0 Å². The van der Waals surface area contributed by atoms with E-state index in [4.69, 9.17) is 4.74 Å². The quantitative estimate of drug-likeness (QED) is 0.771. The molecular formula is C16H19NO2. The third-order valence-electron chi connectivity index (χ3n) is 3.16. The predicted molar refractivity (Wildman–Crippen MR) is 78.0 cm³/mol. The highest BCUT2D eigenvalue weighted by Crippen LogP contribution is 2.22. The number of fused-ring (bicyclic) bond motifs is 1. The largest absolute Gasteiger partial charge is 0.497 e. The predicted octanol–water partition coefficient (Wildman–Crippen LogP) is 2.98. The number of ether oxygens (including phenoxy) is 1. The molecule has 0 fully saturated rings. The molecule has 0 spiro atoms. The molecule has 3 nitrogen and oxygen atoms in total. The number of benzene rings is 2. The molecule has 0 aliphatic heterocycles. The second-order valence-electron chi connectivity index (χ2n) is 4.90. The van der Waals surface area contributed by atoms with Gasteiger partial charge >= 0.3 is 0 Å². The zero-order chi connectivity index (χ0) is 13.8. The van der Waals surface area contributed by atoms with E-state index in [1.807, 2.05) is 55.4 Å². The van der Waals surface area contributed by atoms with Crippen LogP contribution in [0.1, 0.15) is 16.8 Å². The van der Waals surface area contributed by atoms with Crippen molar-refractivity contribution in [3.05, 3.63) is 42.0 Å². The minimum atomic E-state index is 0.186. The summed E-state index contributed by atoms with van der Waals surface area (Å²) in [5.41, 5.74) is 0.777. The van der Waals surface area contributed by atoms with Crippen molar-refractivity contribution < 1.29 is 9.53 Å². The molecule has 0 saturated heterocycles. The van der Waals surface area contributed by atoms with Crippen molar-refractivity contribution in [3.8, 4) is 5.75 Å². The van der Waals surface area contributed by atoms with Gasteiger partial charge in [0.1, 0.15) is 5.75 Å². The molecule has 0 amide bonds. The van der Waals surface area contributed by atoms with E-state index in [2.05, 4.69) is 0 Å². The van der Waals surface area contributed by atoms with Crippen LogP contribution in [0.25, 0.3) is 10.8 Å². The molecule has 2 rings (SSSR count). The van der Waals surface area contributed by atoms with Crippen molar-refractivity contribution in [2.45, 2.75) is 6.42 Å². The van der Waals surface area contributed by atoms with E-state index in [0.717, 1.165) is 28.6 Å². The van der Waals surface area contributed by atoms with Crippen LogP contribution in [0.2, 0.25) is 0 Å². The van der Waals surface area contributed by atoms with E-state index >= 15 is 0 Å². The topological polar surface area (TPSA) is 29.5 Å². The monoisotopic (exact) mass is 257 g/mol. The second kappa shape index (κ2) is 5.85. The van der Waals surface area contributed by atoms with Crippen LogP contribution in [0.4, 0.5) is 0 Å². The first kappa shape index (κ1) is 13.6. The summed E-state index contributed by atoms with van der Waals surface area (Å²) < 4.78 is 5.19. The number of rotatable bonds is 5. The summed E-state index contributed by atoms with van der Waals surface area (Å²) in [6.07, 6.45) is 0.550. The molecule has 0 aliphatic rings. The van der Waals surface area contributed by atoms with Crippen LogP contribution >= 0.6 is 0 Å². The van der Waals surface area contributed by atoms with Crippen molar-refractivity contribution in [1.29, 1.82) is 0 Å². The lowest BCUT2D eigenvalue weighted by Crippen LogP contribution is -2.16. The lowest BCUT2D eigenvalue weighted by atomic mass is 10.0. The van der Waals surface area contributed by atoms with E-state index < -0.39 is 0 Å². The fourth-order valence-corrected chi connectivity index (χ4v) is 1.99. The van der Waals surface area contributed by atoms with Crippen molar-refractivity contribution in [1.82, 2.24) is 4.90 Å². The van der Waals surface area contributed by atoms with Gasteiger partial charge in [-0.15, -0.1) is 0 Å². The number of hydrogen-bond acceptors (Lipinski definition) is 3. The van der Waals surface area contributed by atoms with Crippen LogP contribution in [-0.4, -0.2) is 38.4 Å². The fraction of sp³-hybridized carbons (Fsp3) is 0.312. The maximum atomic E-state index is 12.1. The van der Waals surface area contributed by atoms with E-state index in [1.54, 1.807) is 7.11 Å². The average molecular weight is 257 g/mol. The molecule has 0 unspecified atom stereocenters. The van der Waals surface area contributed by atoms with Crippen LogP contribution in [0.5, 0.6) is 5.75 Å². The molecule has 0 heterocycles. The summed E-state index contributed by atoms with van der Waals surface area (Å²) in [5, 5.41) is 2.15. The molecule has 0 saturated carbocycles. The number of hydrogen-bond donors (Lipinski definition) is 0. The second-order valence-corrected chi connectivity index (χ2v) is 4.90. The highest BCUT2D eigenvalue weighted by Gasteiger charge is 2.07. The van der Waals surface area contributed by atoms with Gasteiger partial charge < -0.3 is 9.64 Å². The lowest BCUT2D eigenvalue weighted by molar-refractivity contribution is 0.0972. The number of carbonyl (C=O) groups is 1. The number of Topliss-reactive ketones (excluding diaryl/α,β-unsaturated/α-hetero) is 1. The van der Waals surface area contributed by atoms with E-state index in [9.17, 15) is 4.79 Å². The highest BCUT2D eigenvalue weighted by molar-refractivity contribution is 6.00. The molecule has 19 heavy (non-hydrogen) atoms. The average Bonchev–Trinajstić information content (AvgIpc) is 2.43. The van der Waals surface area contributed by atoms with Crippen molar-refractivity contribution in [2.75, 3.05) is 27.7 Å². The zero-order valence-electron chi connectivity index (χ0n) is 11.6. The van der Waals surface area contributed by atoms with Crippen LogP contribution < -0.4 is 4.74 Å². The van der Waals surface area contributed by atoms with Crippen LogP contribution in [0.3, 0.4) is 0 Å². The maximum absolute atomic E-state index is 12.1. The number of nitrogens with zero attached hydrogens (tertiary/aromatic N) is 1. The smallest absolute Gasteiger partial charge is 0.164 e. The molecule has 2 aromatic carbocycles. The first-order chi connectivity index (χ1) is 9.10. The molecular weight excluding hydrogens is 238 g/mol. The van der Waals surface area contributed by atoms with Crippen LogP contribution in [0.15, 0.2) is 36.4 Å². The first-order valence-corrected chi connectivity index (χ1v) is 6.36. The number of methoxy groups -OCH3 is 1.